The zero-order valence-corrected chi connectivity index (χ0v) is 14.6. The number of likely N-dealkylation sites (tertiary alicyclic amines) is 1. The van der Waals surface area contributed by atoms with E-state index < -0.39 is 12.0 Å². The summed E-state index contributed by atoms with van der Waals surface area (Å²) in [6.07, 6.45) is 1.27. The number of rotatable bonds is 5. The number of carboxylic acid groups (broad SMARTS) is 1. The van der Waals surface area contributed by atoms with Crippen LogP contribution in [-0.2, 0) is 4.79 Å². The van der Waals surface area contributed by atoms with Crippen molar-refractivity contribution < 1.29 is 24.2 Å². The first-order valence-electron chi connectivity index (χ1n) is 8.22. The molecule has 24 heavy (non-hydrogen) atoms. The molecule has 1 aromatic rings. The third kappa shape index (κ3) is 3.99. The predicted molar refractivity (Wildman–Crippen MR) is 89.6 cm³/mol. The summed E-state index contributed by atoms with van der Waals surface area (Å²) in [5.74, 6) is 0.0785. The molecule has 2 unspecified atom stereocenters. The van der Waals surface area contributed by atoms with Gasteiger partial charge in [-0.05, 0) is 50.8 Å². The summed E-state index contributed by atoms with van der Waals surface area (Å²) < 4.78 is 10.9. The van der Waals surface area contributed by atoms with Crippen molar-refractivity contribution in [1.29, 1.82) is 0 Å². The molecule has 6 nitrogen and oxygen atoms in total. The van der Waals surface area contributed by atoms with E-state index in [0.717, 1.165) is 6.42 Å². The minimum absolute atomic E-state index is 0.0135. The molecule has 0 saturated carbocycles. The van der Waals surface area contributed by atoms with Crippen molar-refractivity contribution in [3.8, 4) is 11.5 Å². The molecule has 0 radical (unpaired) electrons. The van der Waals surface area contributed by atoms with Crippen molar-refractivity contribution in [2.24, 2.45) is 5.92 Å². The van der Waals surface area contributed by atoms with Gasteiger partial charge in [0.25, 0.3) is 5.91 Å². The Morgan fingerprint density at radius 2 is 2.00 bits per heavy atom. The smallest absolute Gasteiger partial charge is 0.326 e. The second-order valence-corrected chi connectivity index (χ2v) is 6.51. The number of amides is 1. The summed E-state index contributed by atoms with van der Waals surface area (Å²) in [7, 11) is 1.51. The van der Waals surface area contributed by atoms with Gasteiger partial charge >= 0.3 is 5.97 Å². The van der Waals surface area contributed by atoms with Crippen molar-refractivity contribution in [2.75, 3.05) is 13.7 Å². The Hall–Kier alpha value is -2.24. The van der Waals surface area contributed by atoms with Gasteiger partial charge in [0.15, 0.2) is 11.5 Å². The van der Waals surface area contributed by atoms with Crippen LogP contribution < -0.4 is 9.47 Å². The number of aliphatic carboxylic acids is 1. The lowest BCUT2D eigenvalue weighted by Crippen LogP contribution is -2.49. The van der Waals surface area contributed by atoms with E-state index in [1.165, 1.54) is 12.0 Å². The molecule has 1 heterocycles. The fourth-order valence-electron chi connectivity index (χ4n) is 2.94. The van der Waals surface area contributed by atoms with Crippen LogP contribution in [0.2, 0.25) is 0 Å². The van der Waals surface area contributed by atoms with Crippen molar-refractivity contribution >= 4 is 11.9 Å². The Bertz CT molecular complexity index is 613. The maximum atomic E-state index is 12.8. The van der Waals surface area contributed by atoms with Crippen molar-refractivity contribution in [3.05, 3.63) is 23.8 Å². The molecule has 1 aromatic carbocycles. The molecule has 2 rings (SSSR count). The summed E-state index contributed by atoms with van der Waals surface area (Å²) in [5.41, 5.74) is 0.406. The van der Waals surface area contributed by atoms with E-state index in [2.05, 4.69) is 0 Å². The van der Waals surface area contributed by atoms with Gasteiger partial charge in [-0.15, -0.1) is 0 Å². The van der Waals surface area contributed by atoms with Gasteiger partial charge in [0.05, 0.1) is 13.2 Å². The highest BCUT2D eigenvalue weighted by atomic mass is 16.5. The number of piperidine rings is 1. The number of hydrogen-bond donors (Lipinski definition) is 1. The van der Waals surface area contributed by atoms with Crippen LogP contribution in [0.25, 0.3) is 0 Å². The topological polar surface area (TPSA) is 76.1 Å². The highest BCUT2D eigenvalue weighted by molar-refractivity contribution is 5.97. The average Bonchev–Trinajstić information content (AvgIpc) is 2.54. The number of benzene rings is 1. The molecule has 1 saturated heterocycles. The van der Waals surface area contributed by atoms with Crippen LogP contribution in [0.1, 0.15) is 44.0 Å². The van der Waals surface area contributed by atoms with Gasteiger partial charge in [-0.2, -0.15) is 0 Å². The Morgan fingerprint density at radius 3 is 2.58 bits per heavy atom. The van der Waals surface area contributed by atoms with Crippen LogP contribution in [0.4, 0.5) is 0 Å². The fourth-order valence-corrected chi connectivity index (χ4v) is 2.94. The number of nitrogens with zero attached hydrogens (tertiary/aromatic N) is 1. The fraction of sp³-hybridized carbons (Fsp3) is 0.556. The van der Waals surface area contributed by atoms with E-state index in [4.69, 9.17) is 9.47 Å². The lowest BCUT2D eigenvalue weighted by Gasteiger charge is -2.36. The highest BCUT2D eigenvalue weighted by Crippen LogP contribution is 2.31. The molecule has 2 atom stereocenters. The third-order valence-corrected chi connectivity index (χ3v) is 4.18. The van der Waals surface area contributed by atoms with Gasteiger partial charge in [-0.3, -0.25) is 4.79 Å². The molecule has 0 aliphatic carbocycles. The predicted octanol–water partition coefficient (Wildman–Crippen LogP) is 2.81. The molecule has 1 fully saturated rings. The van der Waals surface area contributed by atoms with Crippen LogP contribution in [0.3, 0.4) is 0 Å². The summed E-state index contributed by atoms with van der Waals surface area (Å²) in [4.78, 5) is 25.7. The van der Waals surface area contributed by atoms with Gasteiger partial charge in [-0.1, -0.05) is 6.92 Å². The monoisotopic (exact) mass is 335 g/mol. The van der Waals surface area contributed by atoms with Crippen LogP contribution in [0, 0.1) is 5.92 Å². The summed E-state index contributed by atoms with van der Waals surface area (Å²) in [5, 5.41) is 9.43. The van der Waals surface area contributed by atoms with Crippen LogP contribution in [0.5, 0.6) is 11.5 Å². The molecule has 0 bridgehead atoms. The molecule has 1 amide bonds. The minimum Gasteiger partial charge on any atom is -0.493 e. The van der Waals surface area contributed by atoms with E-state index in [-0.39, 0.29) is 12.0 Å². The largest absolute Gasteiger partial charge is 0.493 e. The molecule has 1 aliphatic rings. The van der Waals surface area contributed by atoms with Gasteiger partial charge in [0, 0.05) is 12.1 Å². The summed E-state index contributed by atoms with van der Waals surface area (Å²) in [6, 6.07) is 4.17. The minimum atomic E-state index is -0.957. The lowest BCUT2D eigenvalue weighted by atomic mass is 9.92. The van der Waals surface area contributed by atoms with Crippen molar-refractivity contribution in [3.63, 3.8) is 0 Å². The molecular formula is C18H25NO5. The normalized spacial score (nSPS) is 20.8. The molecule has 6 heteroatoms. The van der Waals surface area contributed by atoms with Gasteiger partial charge in [0.2, 0.25) is 0 Å². The van der Waals surface area contributed by atoms with E-state index in [9.17, 15) is 14.7 Å². The standard InChI is InChI=1S/C18H25NO5/c1-11(2)24-15-6-5-13(10-16(15)23-4)17(20)19-8-7-12(3)9-14(19)18(21)22/h5-6,10-12,14H,7-9H2,1-4H3,(H,21,22). The molecule has 1 aliphatic heterocycles. The van der Waals surface area contributed by atoms with Gasteiger partial charge in [0.1, 0.15) is 6.04 Å². The van der Waals surface area contributed by atoms with E-state index in [1.54, 1.807) is 18.2 Å². The first kappa shape index (κ1) is 18.1. The van der Waals surface area contributed by atoms with Crippen LogP contribution in [-0.4, -0.2) is 47.7 Å². The third-order valence-electron chi connectivity index (χ3n) is 4.18. The average molecular weight is 335 g/mol. The summed E-state index contributed by atoms with van der Waals surface area (Å²) in [6.45, 7) is 6.28. The molecule has 0 spiro atoms. The number of ether oxygens (including phenoxy) is 2. The van der Waals surface area contributed by atoms with Crippen molar-refractivity contribution in [2.45, 2.75) is 45.8 Å². The van der Waals surface area contributed by atoms with Crippen LogP contribution in [0.15, 0.2) is 18.2 Å². The number of carbonyl (C=O) groups excluding carboxylic acids is 1. The van der Waals surface area contributed by atoms with E-state index in [1.807, 2.05) is 20.8 Å². The second kappa shape index (κ2) is 7.55. The molecule has 132 valence electrons. The first-order chi connectivity index (χ1) is 11.3. The Morgan fingerprint density at radius 1 is 1.29 bits per heavy atom. The molecule has 1 N–H and O–H groups in total. The number of carbonyl (C=O) groups is 2. The number of methoxy groups -OCH3 is 1. The SMILES string of the molecule is COc1cc(C(=O)N2CCC(C)CC2C(=O)O)ccc1OC(C)C. The highest BCUT2D eigenvalue weighted by Gasteiger charge is 2.35. The van der Waals surface area contributed by atoms with Gasteiger partial charge in [-0.25, -0.2) is 4.79 Å². The zero-order valence-electron chi connectivity index (χ0n) is 14.6. The second-order valence-electron chi connectivity index (χ2n) is 6.51. The maximum absolute atomic E-state index is 12.8. The molecule has 0 aromatic heterocycles. The number of carboxylic acids is 1. The zero-order chi connectivity index (χ0) is 17.9. The van der Waals surface area contributed by atoms with E-state index in [0.29, 0.717) is 35.9 Å². The Labute approximate surface area is 142 Å². The van der Waals surface area contributed by atoms with E-state index >= 15 is 0 Å². The van der Waals surface area contributed by atoms with Crippen molar-refractivity contribution in [1.82, 2.24) is 4.90 Å². The molecular weight excluding hydrogens is 310 g/mol. The summed E-state index contributed by atoms with van der Waals surface area (Å²) >= 11 is 0. The quantitative estimate of drug-likeness (QED) is 0.895. The van der Waals surface area contributed by atoms with Crippen LogP contribution >= 0.6 is 0 Å². The number of hydrogen-bond acceptors (Lipinski definition) is 4. The Kier molecular flexibility index (Phi) is 5.70. The van der Waals surface area contributed by atoms with Gasteiger partial charge < -0.3 is 19.5 Å². The Balaban J connectivity index is 2.26. The lowest BCUT2D eigenvalue weighted by molar-refractivity contribution is -0.144. The maximum Gasteiger partial charge on any atom is 0.326 e. The first-order valence-corrected chi connectivity index (χ1v) is 8.22.